The van der Waals surface area contributed by atoms with Gasteiger partial charge in [0, 0.05) is 28.3 Å². The summed E-state index contributed by atoms with van der Waals surface area (Å²) < 4.78 is 0. The fraction of sp³-hybridized carbons (Fsp3) is 0.208. The third kappa shape index (κ3) is 3.69. The Morgan fingerprint density at radius 2 is 1.90 bits per heavy atom. The van der Waals surface area contributed by atoms with Crippen LogP contribution in [0.5, 0.6) is 0 Å². The Morgan fingerprint density at radius 3 is 2.58 bits per heavy atom. The maximum Gasteiger partial charge on any atom is 0.270 e. The van der Waals surface area contributed by atoms with Crippen LogP contribution in [-0.2, 0) is 4.79 Å². The average molecular weight is 433 g/mol. The number of nitrogens with zero attached hydrogens (tertiary/aromatic N) is 2. The molecule has 156 valence electrons. The van der Waals surface area contributed by atoms with Crippen molar-refractivity contribution in [1.29, 1.82) is 5.26 Å². The summed E-state index contributed by atoms with van der Waals surface area (Å²) in [5, 5.41) is 11.8. The number of rotatable bonds is 3. The number of carbonyl (C=O) groups excluding carboxylic acids is 2. The lowest BCUT2D eigenvalue weighted by atomic mass is 9.76. The Hall–Kier alpha value is -3.56. The van der Waals surface area contributed by atoms with Crippen molar-refractivity contribution >= 4 is 23.3 Å². The fourth-order valence-corrected chi connectivity index (χ4v) is 4.35. The lowest BCUT2D eigenvalue weighted by Crippen LogP contribution is -2.48. The van der Waals surface area contributed by atoms with Crippen LogP contribution in [-0.4, -0.2) is 16.7 Å². The van der Waals surface area contributed by atoms with Crippen LogP contribution in [0.15, 0.2) is 71.2 Å². The molecule has 0 radical (unpaired) electrons. The number of nitrogens with two attached hydrogens (primary N) is 1. The molecule has 2 aromatic carbocycles. The first-order valence-corrected chi connectivity index (χ1v) is 10.4. The molecule has 6 nitrogen and oxygen atoms in total. The third-order valence-corrected chi connectivity index (χ3v) is 6.00. The van der Waals surface area contributed by atoms with E-state index in [1.165, 1.54) is 5.01 Å². The van der Waals surface area contributed by atoms with E-state index in [2.05, 4.69) is 11.5 Å². The van der Waals surface area contributed by atoms with Crippen LogP contribution in [0, 0.1) is 18.3 Å². The predicted octanol–water partition coefficient (Wildman–Crippen LogP) is 4.09. The van der Waals surface area contributed by atoms with E-state index in [0.717, 1.165) is 5.56 Å². The number of aryl methyl sites for hydroxylation is 1. The van der Waals surface area contributed by atoms with Gasteiger partial charge in [0.1, 0.15) is 5.82 Å². The number of benzene rings is 2. The van der Waals surface area contributed by atoms with Crippen molar-refractivity contribution in [2.45, 2.75) is 32.1 Å². The number of amides is 1. The number of hydrogen-bond donors (Lipinski definition) is 2. The molecule has 1 atom stereocenters. The lowest BCUT2D eigenvalue weighted by Gasteiger charge is -2.39. The molecule has 1 amide bonds. The van der Waals surface area contributed by atoms with E-state index in [1.807, 2.05) is 25.1 Å². The van der Waals surface area contributed by atoms with Crippen molar-refractivity contribution in [2.24, 2.45) is 5.73 Å². The topological polar surface area (TPSA) is 99.2 Å². The molecule has 0 aromatic heterocycles. The number of hydrazine groups is 1. The summed E-state index contributed by atoms with van der Waals surface area (Å²) in [7, 11) is 0. The Morgan fingerprint density at radius 1 is 1.19 bits per heavy atom. The van der Waals surface area contributed by atoms with Crippen LogP contribution in [0.3, 0.4) is 0 Å². The number of halogens is 1. The van der Waals surface area contributed by atoms with Gasteiger partial charge in [-0.05, 0) is 43.5 Å². The average Bonchev–Trinajstić information content (AvgIpc) is 2.76. The first-order chi connectivity index (χ1) is 14.9. The Bertz CT molecular complexity index is 1170. The Labute approximate surface area is 185 Å². The normalized spacial score (nSPS) is 18.5. The van der Waals surface area contributed by atoms with Gasteiger partial charge in [-0.2, -0.15) is 5.26 Å². The second-order valence-electron chi connectivity index (χ2n) is 7.64. The molecule has 1 unspecified atom stereocenters. The minimum Gasteiger partial charge on any atom is -0.383 e. The maximum atomic E-state index is 13.0. The first-order valence-electron chi connectivity index (χ1n) is 10.0. The van der Waals surface area contributed by atoms with Crippen LogP contribution in [0.1, 0.15) is 46.7 Å². The smallest absolute Gasteiger partial charge is 0.270 e. The molecule has 1 heterocycles. The number of carbonyl (C=O) groups is 2. The highest BCUT2D eigenvalue weighted by Gasteiger charge is 2.41. The van der Waals surface area contributed by atoms with Gasteiger partial charge in [-0.25, -0.2) is 5.01 Å². The molecule has 4 rings (SSSR count). The molecule has 0 spiro atoms. The van der Waals surface area contributed by atoms with E-state index < -0.39 is 5.92 Å². The molecule has 2 aliphatic rings. The summed E-state index contributed by atoms with van der Waals surface area (Å²) >= 11 is 6.43. The number of nitriles is 1. The SMILES string of the molecule is Cc1ccc(C(=O)NN2C(N)=C(C#N)C(c3ccccc3Cl)C3=C2CCCC3=O)cc1. The standard InChI is InChI=1S/C24H21ClN4O2/c1-14-9-11-15(12-10-14)24(31)28-29-19-7-4-8-20(30)22(19)21(17(13-26)23(29)27)16-5-2-3-6-18(16)25/h2-3,5-6,9-12,21H,4,7-8,27H2,1H3,(H,28,31). The number of allylic oxidation sites excluding steroid dienone is 3. The highest BCUT2D eigenvalue weighted by molar-refractivity contribution is 6.31. The number of Topliss-reactive ketones (excluding diaryl/α,β-unsaturated/α-hetero) is 1. The number of ketones is 1. The molecule has 1 aliphatic heterocycles. The van der Waals surface area contributed by atoms with Crippen molar-refractivity contribution < 1.29 is 9.59 Å². The van der Waals surface area contributed by atoms with Gasteiger partial charge in [0.15, 0.2) is 5.78 Å². The van der Waals surface area contributed by atoms with E-state index in [1.54, 1.807) is 30.3 Å². The monoisotopic (exact) mass is 432 g/mol. The minimum atomic E-state index is -0.658. The van der Waals surface area contributed by atoms with Gasteiger partial charge in [0.2, 0.25) is 0 Å². The van der Waals surface area contributed by atoms with Crippen molar-refractivity contribution in [3.05, 3.63) is 92.9 Å². The maximum absolute atomic E-state index is 13.0. The van der Waals surface area contributed by atoms with Gasteiger partial charge in [0.25, 0.3) is 5.91 Å². The fourth-order valence-electron chi connectivity index (χ4n) is 4.11. The molecule has 0 fully saturated rings. The van der Waals surface area contributed by atoms with Crippen LogP contribution < -0.4 is 11.2 Å². The molecule has 0 saturated carbocycles. The van der Waals surface area contributed by atoms with E-state index in [-0.39, 0.29) is 23.1 Å². The van der Waals surface area contributed by atoms with Crippen molar-refractivity contribution in [1.82, 2.24) is 10.4 Å². The predicted molar refractivity (Wildman–Crippen MR) is 117 cm³/mol. The Kier molecular flexibility index (Phi) is 5.53. The molecular formula is C24H21ClN4O2. The van der Waals surface area contributed by atoms with Crippen LogP contribution in [0.2, 0.25) is 5.02 Å². The summed E-state index contributed by atoms with van der Waals surface area (Å²) in [6.45, 7) is 1.94. The second kappa shape index (κ2) is 8.29. The second-order valence-corrected chi connectivity index (χ2v) is 8.05. The van der Waals surface area contributed by atoms with Crippen molar-refractivity contribution in [3.63, 3.8) is 0 Å². The van der Waals surface area contributed by atoms with Crippen LogP contribution in [0.4, 0.5) is 0 Å². The molecule has 3 N–H and O–H groups in total. The zero-order valence-electron chi connectivity index (χ0n) is 17.0. The molecule has 31 heavy (non-hydrogen) atoms. The van der Waals surface area contributed by atoms with Gasteiger partial charge in [-0.15, -0.1) is 0 Å². The zero-order chi connectivity index (χ0) is 22.1. The molecule has 1 aliphatic carbocycles. The molecule has 7 heteroatoms. The lowest BCUT2D eigenvalue weighted by molar-refractivity contribution is -0.116. The largest absolute Gasteiger partial charge is 0.383 e. The van der Waals surface area contributed by atoms with Crippen LogP contribution >= 0.6 is 11.6 Å². The molecule has 2 aromatic rings. The van der Waals surface area contributed by atoms with Crippen molar-refractivity contribution in [2.75, 3.05) is 0 Å². The van der Waals surface area contributed by atoms with Gasteiger partial charge in [0.05, 0.1) is 17.6 Å². The van der Waals surface area contributed by atoms with Crippen molar-refractivity contribution in [3.8, 4) is 6.07 Å². The molecular weight excluding hydrogens is 412 g/mol. The molecule has 0 bridgehead atoms. The summed E-state index contributed by atoms with van der Waals surface area (Å²) in [5.74, 6) is -1.00. The zero-order valence-corrected chi connectivity index (χ0v) is 17.7. The minimum absolute atomic E-state index is 0.0685. The Balaban J connectivity index is 1.82. The van der Waals surface area contributed by atoms with E-state index in [0.29, 0.717) is 46.7 Å². The number of nitrogens with one attached hydrogen (secondary N) is 1. The summed E-state index contributed by atoms with van der Waals surface area (Å²) in [6, 6.07) is 16.4. The van der Waals surface area contributed by atoms with Gasteiger partial charge in [-0.3, -0.25) is 15.0 Å². The summed E-state index contributed by atoms with van der Waals surface area (Å²) in [4.78, 5) is 25.9. The van der Waals surface area contributed by atoms with Gasteiger partial charge < -0.3 is 5.73 Å². The quantitative estimate of drug-likeness (QED) is 0.760. The van der Waals surface area contributed by atoms with E-state index >= 15 is 0 Å². The highest BCUT2D eigenvalue weighted by atomic mass is 35.5. The van der Waals surface area contributed by atoms with Crippen LogP contribution in [0.25, 0.3) is 0 Å². The van der Waals surface area contributed by atoms with E-state index in [9.17, 15) is 14.9 Å². The third-order valence-electron chi connectivity index (χ3n) is 5.66. The van der Waals surface area contributed by atoms with Gasteiger partial charge in [-0.1, -0.05) is 47.5 Å². The van der Waals surface area contributed by atoms with E-state index in [4.69, 9.17) is 17.3 Å². The first kappa shape index (κ1) is 20.7. The van der Waals surface area contributed by atoms with Gasteiger partial charge >= 0.3 is 0 Å². The molecule has 0 saturated heterocycles. The summed E-state index contributed by atoms with van der Waals surface area (Å²) in [6.07, 6.45) is 1.56. The number of hydrogen-bond acceptors (Lipinski definition) is 5. The summed E-state index contributed by atoms with van der Waals surface area (Å²) in [5.41, 5.74) is 12.6. The highest BCUT2D eigenvalue weighted by Crippen LogP contribution is 2.45.